The molecule has 1 heterocycles. The number of hydrogen-bond donors (Lipinski definition) is 2. The van der Waals surface area contributed by atoms with Gasteiger partial charge in [-0.15, -0.1) is 0 Å². The largest absolute Gasteiger partial charge is 0.384 e. The van der Waals surface area contributed by atoms with Crippen molar-refractivity contribution in [3.05, 3.63) is 52.3 Å². The smallest absolute Gasteiger partial charge is 0.101 e. The van der Waals surface area contributed by atoms with Crippen LogP contribution in [0.5, 0.6) is 0 Å². The highest BCUT2D eigenvalue weighted by Gasteiger charge is 2.25. The van der Waals surface area contributed by atoms with E-state index < -0.39 is 5.60 Å². The molecular weight excluding hydrogens is 274 g/mol. The zero-order valence-corrected chi connectivity index (χ0v) is 12.8. The second-order valence-corrected chi connectivity index (χ2v) is 5.64. The predicted molar refractivity (Wildman–Crippen MR) is 80.7 cm³/mol. The average Bonchev–Trinajstić information content (AvgIpc) is 2.71. The summed E-state index contributed by atoms with van der Waals surface area (Å²) in [6.07, 6.45) is 1.84. The van der Waals surface area contributed by atoms with Gasteiger partial charge in [0.15, 0.2) is 0 Å². The molecule has 1 unspecified atom stereocenters. The first-order valence-corrected chi connectivity index (χ1v) is 6.95. The maximum absolute atomic E-state index is 10.6. The van der Waals surface area contributed by atoms with Crippen molar-refractivity contribution < 1.29 is 5.11 Å². The monoisotopic (exact) mass is 293 g/mol. The molecule has 0 saturated heterocycles. The lowest BCUT2D eigenvalue weighted by Crippen LogP contribution is -2.35. The molecule has 0 spiro atoms. The summed E-state index contributed by atoms with van der Waals surface area (Å²) in [5.74, 6) is 0. The van der Waals surface area contributed by atoms with E-state index in [-0.39, 0.29) is 0 Å². The van der Waals surface area contributed by atoms with Gasteiger partial charge in [0.05, 0.1) is 6.20 Å². The summed E-state index contributed by atoms with van der Waals surface area (Å²) in [6.45, 7) is 4.87. The van der Waals surface area contributed by atoms with Crippen LogP contribution in [0.4, 0.5) is 0 Å². The molecule has 0 fully saturated rings. The van der Waals surface area contributed by atoms with Crippen LogP contribution in [-0.4, -0.2) is 21.4 Å². The molecule has 4 nitrogen and oxygen atoms in total. The van der Waals surface area contributed by atoms with Crippen molar-refractivity contribution in [3.63, 3.8) is 0 Å². The molecule has 0 bridgehead atoms. The van der Waals surface area contributed by atoms with E-state index in [0.717, 1.165) is 16.8 Å². The number of nitrogens with one attached hydrogen (secondary N) is 1. The van der Waals surface area contributed by atoms with Gasteiger partial charge in [-0.2, -0.15) is 5.10 Å². The molecule has 0 aliphatic carbocycles. The highest BCUT2D eigenvalue weighted by molar-refractivity contribution is 6.31. The highest BCUT2D eigenvalue weighted by Crippen LogP contribution is 2.27. The van der Waals surface area contributed by atoms with Gasteiger partial charge in [-0.05, 0) is 19.9 Å². The summed E-state index contributed by atoms with van der Waals surface area (Å²) in [7, 11) is 1.92. The lowest BCUT2D eigenvalue weighted by molar-refractivity contribution is 0.0567. The summed E-state index contributed by atoms with van der Waals surface area (Å²) in [5.41, 5.74) is 1.98. The molecule has 2 N–H and O–H groups in total. The zero-order chi connectivity index (χ0) is 14.8. The van der Waals surface area contributed by atoms with Gasteiger partial charge in [0.1, 0.15) is 5.60 Å². The molecule has 1 aromatic heterocycles. The molecular formula is C15H20ClN3O. The Labute approximate surface area is 124 Å². The minimum atomic E-state index is -1.01. The first kappa shape index (κ1) is 15.0. The van der Waals surface area contributed by atoms with Gasteiger partial charge < -0.3 is 10.4 Å². The van der Waals surface area contributed by atoms with Gasteiger partial charge in [0.2, 0.25) is 0 Å². The molecule has 1 atom stereocenters. The van der Waals surface area contributed by atoms with Crippen molar-refractivity contribution in [1.29, 1.82) is 0 Å². The van der Waals surface area contributed by atoms with Crippen LogP contribution in [0.3, 0.4) is 0 Å². The SMILES string of the molecule is Cc1c(CNCC(C)(O)c2ccccc2Cl)cnn1C. The fraction of sp³-hybridized carbons (Fsp3) is 0.400. The number of rotatable bonds is 5. The van der Waals surface area contributed by atoms with Crippen LogP contribution in [-0.2, 0) is 19.2 Å². The number of aromatic nitrogens is 2. The molecule has 0 aliphatic heterocycles. The van der Waals surface area contributed by atoms with E-state index in [1.807, 2.05) is 43.0 Å². The quantitative estimate of drug-likeness (QED) is 0.890. The summed E-state index contributed by atoms with van der Waals surface area (Å²) in [6, 6.07) is 7.37. The van der Waals surface area contributed by atoms with Gasteiger partial charge in [-0.25, -0.2) is 0 Å². The van der Waals surface area contributed by atoms with E-state index in [1.165, 1.54) is 0 Å². The molecule has 20 heavy (non-hydrogen) atoms. The van der Waals surface area contributed by atoms with Crippen molar-refractivity contribution in [3.8, 4) is 0 Å². The number of halogens is 1. The van der Waals surface area contributed by atoms with Gasteiger partial charge in [-0.3, -0.25) is 4.68 Å². The summed E-state index contributed by atoms with van der Waals surface area (Å²) < 4.78 is 1.84. The van der Waals surface area contributed by atoms with Gasteiger partial charge in [0.25, 0.3) is 0 Å². The number of aliphatic hydroxyl groups is 1. The number of nitrogens with zero attached hydrogens (tertiary/aromatic N) is 2. The Hall–Kier alpha value is -1.36. The van der Waals surface area contributed by atoms with Crippen LogP contribution in [0.25, 0.3) is 0 Å². The Kier molecular flexibility index (Phi) is 4.48. The van der Waals surface area contributed by atoms with E-state index in [0.29, 0.717) is 18.1 Å². The zero-order valence-electron chi connectivity index (χ0n) is 12.0. The third kappa shape index (κ3) is 3.20. The second-order valence-electron chi connectivity index (χ2n) is 5.24. The van der Waals surface area contributed by atoms with Crippen LogP contribution in [0.2, 0.25) is 5.02 Å². The Morgan fingerprint density at radius 1 is 1.40 bits per heavy atom. The Bertz CT molecular complexity index is 593. The normalized spacial score (nSPS) is 14.2. The third-order valence-corrected chi connectivity index (χ3v) is 3.91. The fourth-order valence-corrected chi connectivity index (χ4v) is 2.49. The lowest BCUT2D eigenvalue weighted by Gasteiger charge is -2.25. The number of hydrogen-bond acceptors (Lipinski definition) is 3. The van der Waals surface area contributed by atoms with E-state index in [9.17, 15) is 5.11 Å². The molecule has 1 aromatic carbocycles. The van der Waals surface area contributed by atoms with Gasteiger partial charge in [0, 0.05) is 42.0 Å². The topological polar surface area (TPSA) is 50.1 Å². The molecule has 108 valence electrons. The molecule has 2 aromatic rings. The van der Waals surface area contributed by atoms with Crippen molar-refractivity contribution in [1.82, 2.24) is 15.1 Å². The number of benzene rings is 1. The van der Waals surface area contributed by atoms with Crippen molar-refractivity contribution >= 4 is 11.6 Å². The minimum Gasteiger partial charge on any atom is -0.384 e. The van der Waals surface area contributed by atoms with Gasteiger partial charge >= 0.3 is 0 Å². The summed E-state index contributed by atoms with van der Waals surface area (Å²) in [5, 5.41) is 18.6. The van der Waals surface area contributed by atoms with Crippen LogP contribution < -0.4 is 5.32 Å². The molecule has 2 rings (SSSR count). The highest BCUT2D eigenvalue weighted by atomic mass is 35.5. The van der Waals surface area contributed by atoms with E-state index in [1.54, 1.807) is 13.0 Å². The molecule has 0 amide bonds. The van der Waals surface area contributed by atoms with Gasteiger partial charge in [-0.1, -0.05) is 29.8 Å². The van der Waals surface area contributed by atoms with Crippen LogP contribution in [0.1, 0.15) is 23.7 Å². The van der Waals surface area contributed by atoms with Crippen molar-refractivity contribution in [2.24, 2.45) is 7.05 Å². The van der Waals surface area contributed by atoms with Crippen LogP contribution >= 0.6 is 11.6 Å². The minimum absolute atomic E-state index is 0.422. The number of aryl methyl sites for hydroxylation is 1. The maximum atomic E-state index is 10.6. The Balaban J connectivity index is 2.00. The average molecular weight is 294 g/mol. The fourth-order valence-electron chi connectivity index (χ4n) is 2.15. The van der Waals surface area contributed by atoms with E-state index >= 15 is 0 Å². The lowest BCUT2D eigenvalue weighted by atomic mass is 9.96. The summed E-state index contributed by atoms with van der Waals surface area (Å²) in [4.78, 5) is 0. The molecule has 5 heteroatoms. The second kappa shape index (κ2) is 5.95. The Morgan fingerprint density at radius 3 is 2.70 bits per heavy atom. The van der Waals surface area contributed by atoms with E-state index in [2.05, 4.69) is 10.4 Å². The first-order valence-electron chi connectivity index (χ1n) is 6.57. The molecule has 0 radical (unpaired) electrons. The van der Waals surface area contributed by atoms with Crippen molar-refractivity contribution in [2.75, 3.05) is 6.54 Å². The third-order valence-electron chi connectivity index (χ3n) is 3.58. The van der Waals surface area contributed by atoms with Crippen LogP contribution in [0, 0.1) is 6.92 Å². The maximum Gasteiger partial charge on any atom is 0.101 e. The predicted octanol–water partition coefficient (Wildman–Crippen LogP) is 2.38. The standard InChI is InChI=1S/C15H20ClN3O/c1-11-12(9-18-19(11)3)8-17-10-15(2,20)13-6-4-5-7-14(13)16/h4-7,9,17,20H,8,10H2,1-3H3. The van der Waals surface area contributed by atoms with Crippen molar-refractivity contribution in [2.45, 2.75) is 26.0 Å². The first-order chi connectivity index (χ1) is 9.42. The van der Waals surface area contributed by atoms with Crippen LogP contribution in [0.15, 0.2) is 30.5 Å². The Morgan fingerprint density at radius 2 is 2.10 bits per heavy atom. The molecule has 0 aliphatic rings. The van der Waals surface area contributed by atoms with E-state index in [4.69, 9.17) is 11.6 Å². The molecule has 0 saturated carbocycles. The summed E-state index contributed by atoms with van der Waals surface area (Å²) >= 11 is 6.13.